The van der Waals surface area contributed by atoms with E-state index in [1.807, 2.05) is 0 Å². The molecule has 18 heavy (non-hydrogen) atoms. The number of hydrogen-bond donors (Lipinski definition) is 2. The molecule has 1 amide bonds. The van der Waals surface area contributed by atoms with Crippen LogP contribution in [0.5, 0.6) is 0 Å². The maximum atomic E-state index is 11.6. The normalized spacial score (nSPS) is 12.8. The maximum Gasteiger partial charge on any atom is 0.408 e. The van der Waals surface area contributed by atoms with E-state index in [2.05, 4.69) is 14.9 Å². The van der Waals surface area contributed by atoms with E-state index in [-0.39, 0.29) is 6.42 Å². The molecule has 1 unspecified atom stereocenters. The van der Waals surface area contributed by atoms with Gasteiger partial charge in [-0.1, -0.05) is 4.49 Å². The highest BCUT2D eigenvalue weighted by Crippen LogP contribution is 2.16. The Morgan fingerprint density at radius 1 is 1.56 bits per heavy atom. The molecular formula is C10H15N3O4S. The van der Waals surface area contributed by atoms with Crippen molar-refractivity contribution in [1.82, 2.24) is 14.9 Å². The van der Waals surface area contributed by atoms with Crippen LogP contribution in [0.4, 0.5) is 4.79 Å². The summed E-state index contributed by atoms with van der Waals surface area (Å²) in [5.74, 6) is -1.04. The molecule has 1 aromatic rings. The van der Waals surface area contributed by atoms with Gasteiger partial charge in [0.15, 0.2) is 0 Å². The summed E-state index contributed by atoms with van der Waals surface area (Å²) in [7, 11) is 0. The monoisotopic (exact) mass is 273 g/mol. The van der Waals surface area contributed by atoms with E-state index in [0.29, 0.717) is 5.69 Å². The standard InChI is InChI=1S/C10H15N3O4S/c1-10(2,3)17-9(16)11-6(4-8(14)15)7-5-18-13-12-7/h5-6H,4H2,1-3H3,(H,11,16)(H,14,15). The zero-order valence-electron chi connectivity index (χ0n) is 10.3. The summed E-state index contributed by atoms with van der Waals surface area (Å²) >= 11 is 1.09. The van der Waals surface area contributed by atoms with Crippen LogP contribution in [0.3, 0.4) is 0 Å². The fourth-order valence-corrected chi connectivity index (χ4v) is 1.69. The van der Waals surface area contributed by atoms with Gasteiger partial charge >= 0.3 is 12.1 Å². The van der Waals surface area contributed by atoms with Crippen molar-refractivity contribution in [3.05, 3.63) is 11.1 Å². The van der Waals surface area contributed by atoms with Gasteiger partial charge < -0.3 is 15.2 Å². The Kier molecular flexibility index (Phi) is 4.60. The number of carboxylic acid groups (broad SMARTS) is 1. The smallest absolute Gasteiger partial charge is 0.408 e. The Morgan fingerprint density at radius 3 is 2.67 bits per heavy atom. The number of alkyl carbamates (subject to hydrolysis) is 1. The lowest BCUT2D eigenvalue weighted by Crippen LogP contribution is -2.36. The molecule has 0 bridgehead atoms. The summed E-state index contributed by atoms with van der Waals surface area (Å²) < 4.78 is 8.70. The number of amides is 1. The Bertz CT molecular complexity index is 413. The molecule has 7 nitrogen and oxygen atoms in total. The summed E-state index contributed by atoms with van der Waals surface area (Å²) in [6, 6.07) is -0.740. The summed E-state index contributed by atoms with van der Waals surface area (Å²) in [6.45, 7) is 5.18. The molecule has 0 fully saturated rings. The third kappa shape index (κ3) is 5.09. The van der Waals surface area contributed by atoms with Crippen LogP contribution in [-0.2, 0) is 9.53 Å². The minimum absolute atomic E-state index is 0.273. The molecule has 0 aliphatic heterocycles. The van der Waals surface area contributed by atoms with Crippen molar-refractivity contribution in [2.45, 2.75) is 38.8 Å². The van der Waals surface area contributed by atoms with Gasteiger partial charge in [0.1, 0.15) is 5.60 Å². The van der Waals surface area contributed by atoms with Crippen LogP contribution in [0, 0.1) is 0 Å². The minimum atomic E-state index is -1.04. The van der Waals surface area contributed by atoms with Gasteiger partial charge in [-0.3, -0.25) is 4.79 Å². The SMILES string of the molecule is CC(C)(C)OC(=O)NC(CC(=O)O)c1csnn1. The molecule has 0 aliphatic rings. The molecule has 1 rings (SSSR count). The highest BCUT2D eigenvalue weighted by atomic mass is 32.1. The van der Waals surface area contributed by atoms with E-state index >= 15 is 0 Å². The topological polar surface area (TPSA) is 101 Å². The highest BCUT2D eigenvalue weighted by Gasteiger charge is 2.23. The Hall–Kier alpha value is -1.70. The highest BCUT2D eigenvalue weighted by molar-refractivity contribution is 7.03. The number of carbonyl (C=O) groups excluding carboxylic acids is 1. The number of nitrogens with zero attached hydrogens (tertiary/aromatic N) is 2. The summed E-state index contributed by atoms with van der Waals surface area (Å²) in [6.07, 6.45) is -0.952. The van der Waals surface area contributed by atoms with Gasteiger partial charge in [-0.25, -0.2) is 4.79 Å². The van der Waals surface area contributed by atoms with Gasteiger partial charge in [0.25, 0.3) is 0 Å². The van der Waals surface area contributed by atoms with E-state index in [4.69, 9.17) is 9.84 Å². The Balaban J connectivity index is 2.68. The number of rotatable bonds is 4. The van der Waals surface area contributed by atoms with Gasteiger partial charge in [-0.05, 0) is 32.3 Å². The minimum Gasteiger partial charge on any atom is -0.481 e. The van der Waals surface area contributed by atoms with Crippen LogP contribution < -0.4 is 5.32 Å². The lowest BCUT2D eigenvalue weighted by molar-refractivity contribution is -0.137. The molecule has 8 heteroatoms. The molecule has 1 atom stereocenters. The van der Waals surface area contributed by atoms with Gasteiger partial charge in [-0.2, -0.15) is 0 Å². The van der Waals surface area contributed by atoms with Crippen molar-refractivity contribution < 1.29 is 19.4 Å². The van der Waals surface area contributed by atoms with Gasteiger partial charge in [0.05, 0.1) is 18.2 Å². The molecule has 0 saturated carbocycles. The second-order valence-corrected chi connectivity index (χ2v) is 5.24. The van der Waals surface area contributed by atoms with Crippen LogP contribution in [0.2, 0.25) is 0 Å². The van der Waals surface area contributed by atoms with Crippen molar-refractivity contribution in [1.29, 1.82) is 0 Å². The quantitative estimate of drug-likeness (QED) is 0.863. The molecule has 0 spiro atoms. The molecule has 1 heterocycles. The maximum absolute atomic E-state index is 11.6. The van der Waals surface area contributed by atoms with Gasteiger partial charge in [-0.15, -0.1) is 5.10 Å². The molecular weight excluding hydrogens is 258 g/mol. The Labute approximate surface area is 108 Å². The van der Waals surface area contributed by atoms with Crippen molar-refractivity contribution in [3.63, 3.8) is 0 Å². The lowest BCUT2D eigenvalue weighted by Gasteiger charge is -2.22. The zero-order valence-corrected chi connectivity index (χ0v) is 11.2. The van der Waals surface area contributed by atoms with Crippen molar-refractivity contribution in [2.24, 2.45) is 0 Å². The van der Waals surface area contributed by atoms with Crippen LogP contribution in [-0.4, -0.2) is 32.4 Å². The fourth-order valence-electron chi connectivity index (χ4n) is 1.18. The number of aromatic nitrogens is 2. The number of carboxylic acids is 1. The Morgan fingerprint density at radius 2 is 2.22 bits per heavy atom. The predicted molar refractivity (Wildman–Crippen MR) is 64.3 cm³/mol. The average Bonchev–Trinajstić information content (AvgIpc) is 2.64. The van der Waals surface area contributed by atoms with E-state index in [0.717, 1.165) is 11.5 Å². The average molecular weight is 273 g/mol. The molecule has 0 saturated heterocycles. The third-order valence-corrected chi connectivity index (χ3v) is 2.33. The second kappa shape index (κ2) is 5.76. The molecule has 100 valence electrons. The number of aliphatic carboxylic acids is 1. The van der Waals surface area contributed by atoms with Crippen LogP contribution in [0.25, 0.3) is 0 Å². The van der Waals surface area contributed by atoms with Crippen molar-refractivity contribution in [2.75, 3.05) is 0 Å². The number of ether oxygens (including phenoxy) is 1. The number of nitrogens with one attached hydrogen (secondary N) is 1. The van der Waals surface area contributed by atoms with E-state index in [1.165, 1.54) is 0 Å². The summed E-state index contributed by atoms with van der Waals surface area (Å²) in [4.78, 5) is 22.3. The van der Waals surface area contributed by atoms with Crippen LogP contribution >= 0.6 is 11.5 Å². The van der Waals surface area contributed by atoms with Crippen molar-refractivity contribution >= 4 is 23.6 Å². The molecule has 1 aromatic heterocycles. The lowest BCUT2D eigenvalue weighted by atomic mass is 10.1. The molecule has 0 aliphatic carbocycles. The van der Waals surface area contributed by atoms with E-state index in [1.54, 1.807) is 26.2 Å². The number of carbonyl (C=O) groups is 2. The van der Waals surface area contributed by atoms with E-state index in [9.17, 15) is 9.59 Å². The number of hydrogen-bond acceptors (Lipinski definition) is 6. The van der Waals surface area contributed by atoms with Gasteiger partial charge in [0.2, 0.25) is 0 Å². The van der Waals surface area contributed by atoms with Crippen LogP contribution in [0.15, 0.2) is 5.38 Å². The first-order chi connectivity index (χ1) is 8.28. The first-order valence-corrected chi connectivity index (χ1v) is 6.10. The third-order valence-electron chi connectivity index (χ3n) is 1.80. The van der Waals surface area contributed by atoms with Crippen molar-refractivity contribution in [3.8, 4) is 0 Å². The van der Waals surface area contributed by atoms with E-state index < -0.39 is 23.7 Å². The summed E-state index contributed by atoms with van der Waals surface area (Å²) in [5, 5.41) is 16.6. The predicted octanol–water partition coefficient (Wildman–Crippen LogP) is 1.58. The molecule has 0 aromatic carbocycles. The molecule has 2 N–H and O–H groups in total. The fraction of sp³-hybridized carbons (Fsp3) is 0.600. The molecule has 0 radical (unpaired) electrons. The zero-order chi connectivity index (χ0) is 13.8. The second-order valence-electron chi connectivity index (χ2n) is 4.63. The first kappa shape index (κ1) is 14.4. The van der Waals surface area contributed by atoms with Gasteiger partial charge in [0, 0.05) is 5.38 Å². The summed E-state index contributed by atoms with van der Waals surface area (Å²) in [5.41, 5.74) is -0.230. The van der Waals surface area contributed by atoms with Crippen LogP contribution in [0.1, 0.15) is 38.9 Å². The first-order valence-electron chi connectivity index (χ1n) is 5.26. The largest absolute Gasteiger partial charge is 0.481 e.